The van der Waals surface area contributed by atoms with Gasteiger partial charge in [0.05, 0.1) is 12.0 Å². The van der Waals surface area contributed by atoms with Crippen molar-refractivity contribution in [3.63, 3.8) is 0 Å². The van der Waals surface area contributed by atoms with Crippen molar-refractivity contribution >= 4 is 23.4 Å². The molecule has 0 radical (unpaired) electrons. The van der Waals surface area contributed by atoms with Crippen molar-refractivity contribution in [1.82, 2.24) is 0 Å². The molecule has 0 N–H and O–H groups in total. The number of hydrogen-bond donors (Lipinski definition) is 0. The third-order valence-corrected chi connectivity index (χ3v) is 2.21. The summed E-state index contributed by atoms with van der Waals surface area (Å²) < 4.78 is 5.03. The van der Waals surface area contributed by atoms with E-state index in [9.17, 15) is 0 Å². The van der Waals surface area contributed by atoms with Crippen molar-refractivity contribution in [3.05, 3.63) is 16.8 Å². The Labute approximate surface area is 81.0 Å². The van der Waals surface area contributed by atoms with Gasteiger partial charge < -0.3 is 4.89 Å². The van der Waals surface area contributed by atoms with Gasteiger partial charge in [0.15, 0.2) is 5.75 Å². The molecule has 1 aromatic heterocycles. The summed E-state index contributed by atoms with van der Waals surface area (Å²) in [5.41, 5.74) is 0. The van der Waals surface area contributed by atoms with E-state index in [1.54, 1.807) is 11.3 Å². The molecule has 0 saturated heterocycles. The van der Waals surface area contributed by atoms with E-state index in [-0.39, 0.29) is 4.75 Å². The SMILES string of the molecule is CC(C)(C)SOOc1ccsc1. The van der Waals surface area contributed by atoms with Crippen LogP contribution < -0.4 is 4.89 Å². The van der Waals surface area contributed by atoms with Gasteiger partial charge in [-0.1, -0.05) is 0 Å². The van der Waals surface area contributed by atoms with E-state index < -0.39 is 0 Å². The average Bonchev–Trinajstić information content (AvgIpc) is 2.36. The first-order chi connectivity index (χ1) is 5.58. The molecule has 0 aliphatic rings. The van der Waals surface area contributed by atoms with Crippen LogP contribution in [0.4, 0.5) is 0 Å². The normalized spacial score (nSPS) is 11.6. The molecule has 1 aromatic rings. The minimum atomic E-state index is 0.0655. The van der Waals surface area contributed by atoms with Gasteiger partial charge in [-0.25, -0.2) is 0 Å². The summed E-state index contributed by atoms with van der Waals surface area (Å²) in [7, 11) is 0. The van der Waals surface area contributed by atoms with Crippen LogP contribution in [0.1, 0.15) is 20.8 Å². The molecule has 0 spiro atoms. The van der Waals surface area contributed by atoms with Crippen LogP contribution in [0.3, 0.4) is 0 Å². The zero-order chi connectivity index (χ0) is 9.03. The maximum atomic E-state index is 5.00. The first-order valence-corrected chi connectivity index (χ1v) is 5.31. The molecule has 0 atom stereocenters. The van der Waals surface area contributed by atoms with E-state index in [1.807, 2.05) is 16.8 Å². The van der Waals surface area contributed by atoms with E-state index in [0.717, 1.165) is 5.75 Å². The van der Waals surface area contributed by atoms with E-state index in [0.29, 0.717) is 0 Å². The Hall–Kier alpha value is -0.190. The summed E-state index contributed by atoms with van der Waals surface area (Å²) >= 11 is 2.90. The van der Waals surface area contributed by atoms with Gasteiger partial charge in [0.1, 0.15) is 0 Å². The van der Waals surface area contributed by atoms with Crippen molar-refractivity contribution in [2.45, 2.75) is 25.5 Å². The highest BCUT2D eigenvalue weighted by Crippen LogP contribution is 2.26. The van der Waals surface area contributed by atoms with Crippen LogP contribution in [0.25, 0.3) is 0 Å². The predicted molar refractivity (Wildman–Crippen MR) is 53.4 cm³/mol. The van der Waals surface area contributed by atoms with Crippen LogP contribution in [0, 0.1) is 0 Å². The number of hydrogen-bond acceptors (Lipinski definition) is 4. The van der Waals surface area contributed by atoms with Gasteiger partial charge in [0.25, 0.3) is 0 Å². The Morgan fingerprint density at radius 3 is 2.67 bits per heavy atom. The zero-order valence-corrected chi connectivity index (χ0v) is 9.00. The molecule has 12 heavy (non-hydrogen) atoms. The van der Waals surface area contributed by atoms with Crippen LogP contribution in [0.5, 0.6) is 5.75 Å². The molecule has 2 nitrogen and oxygen atoms in total. The van der Waals surface area contributed by atoms with E-state index >= 15 is 0 Å². The summed E-state index contributed by atoms with van der Waals surface area (Å²) in [6, 6.07) is 1.87. The monoisotopic (exact) mass is 204 g/mol. The van der Waals surface area contributed by atoms with Crippen LogP contribution in [-0.4, -0.2) is 4.75 Å². The van der Waals surface area contributed by atoms with E-state index in [4.69, 9.17) is 9.22 Å². The molecule has 0 saturated carbocycles. The predicted octanol–water partition coefficient (Wildman–Crippen LogP) is 3.51. The fraction of sp³-hybridized carbons (Fsp3) is 0.500. The molecule has 1 rings (SSSR count). The first kappa shape index (κ1) is 9.89. The molecule has 0 fully saturated rings. The number of rotatable bonds is 3. The average molecular weight is 204 g/mol. The Morgan fingerprint density at radius 1 is 1.42 bits per heavy atom. The first-order valence-electron chi connectivity index (χ1n) is 3.62. The third-order valence-electron chi connectivity index (χ3n) is 0.909. The topological polar surface area (TPSA) is 18.5 Å². The lowest BCUT2D eigenvalue weighted by Crippen LogP contribution is -2.08. The van der Waals surface area contributed by atoms with E-state index in [1.165, 1.54) is 12.0 Å². The smallest absolute Gasteiger partial charge is 0.177 e. The quantitative estimate of drug-likeness (QED) is 0.426. The fourth-order valence-corrected chi connectivity index (χ4v) is 1.32. The van der Waals surface area contributed by atoms with E-state index in [2.05, 4.69) is 20.8 Å². The minimum absolute atomic E-state index is 0.0655. The van der Waals surface area contributed by atoms with Gasteiger partial charge in [-0.05, 0) is 32.2 Å². The lowest BCUT2D eigenvalue weighted by atomic mass is 10.3. The lowest BCUT2D eigenvalue weighted by Gasteiger charge is -2.14. The summed E-state index contributed by atoms with van der Waals surface area (Å²) in [5, 5.41) is 3.84. The Kier molecular flexibility index (Phi) is 3.43. The highest BCUT2D eigenvalue weighted by atomic mass is 32.2. The molecule has 4 heteroatoms. The van der Waals surface area contributed by atoms with Gasteiger partial charge in [-0.3, -0.25) is 0 Å². The molecule has 68 valence electrons. The Morgan fingerprint density at radius 2 is 2.17 bits per heavy atom. The molecule has 0 bridgehead atoms. The van der Waals surface area contributed by atoms with Gasteiger partial charge in [0, 0.05) is 10.1 Å². The second-order valence-corrected chi connectivity index (χ2v) is 5.61. The van der Waals surface area contributed by atoms with Gasteiger partial charge in [0.2, 0.25) is 0 Å². The summed E-state index contributed by atoms with van der Waals surface area (Å²) in [6.45, 7) is 6.19. The minimum Gasteiger partial charge on any atom is -0.324 e. The molecule has 1 heterocycles. The maximum Gasteiger partial charge on any atom is 0.177 e. The molecule has 0 aliphatic carbocycles. The Balaban J connectivity index is 2.20. The highest BCUT2D eigenvalue weighted by Gasteiger charge is 2.12. The molecular weight excluding hydrogens is 192 g/mol. The summed E-state index contributed by atoms with van der Waals surface area (Å²) in [6.07, 6.45) is 0. The Bertz CT molecular complexity index is 213. The number of thiophene rings is 1. The third kappa shape index (κ3) is 3.99. The highest BCUT2D eigenvalue weighted by molar-refractivity contribution is 7.95. The fourth-order valence-electron chi connectivity index (χ4n) is 0.458. The molecule has 0 unspecified atom stereocenters. The maximum absolute atomic E-state index is 5.00. The zero-order valence-electron chi connectivity index (χ0n) is 7.37. The van der Waals surface area contributed by atoms with Crippen molar-refractivity contribution in [1.29, 1.82) is 0 Å². The van der Waals surface area contributed by atoms with Crippen molar-refractivity contribution in [2.24, 2.45) is 0 Å². The van der Waals surface area contributed by atoms with Crippen LogP contribution in [0.2, 0.25) is 0 Å². The van der Waals surface area contributed by atoms with Gasteiger partial charge in [-0.15, -0.1) is 15.7 Å². The van der Waals surface area contributed by atoms with Gasteiger partial charge in [-0.2, -0.15) is 0 Å². The van der Waals surface area contributed by atoms with Crippen LogP contribution in [-0.2, 0) is 4.33 Å². The second kappa shape index (κ2) is 4.16. The molecular formula is C8H12O2S2. The summed E-state index contributed by atoms with van der Waals surface area (Å²) in [4.78, 5) is 5.00. The second-order valence-electron chi connectivity index (χ2n) is 3.31. The summed E-state index contributed by atoms with van der Waals surface area (Å²) in [5.74, 6) is 0.761. The standard InChI is InChI=1S/C8H12O2S2/c1-8(2,3)12-10-9-7-4-5-11-6-7/h4-6H,1-3H3. The molecule has 0 aromatic carbocycles. The molecule has 0 aliphatic heterocycles. The largest absolute Gasteiger partial charge is 0.324 e. The lowest BCUT2D eigenvalue weighted by molar-refractivity contribution is -0.0788. The van der Waals surface area contributed by atoms with Crippen molar-refractivity contribution < 1.29 is 9.22 Å². The van der Waals surface area contributed by atoms with Crippen LogP contribution in [0.15, 0.2) is 16.8 Å². The van der Waals surface area contributed by atoms with Crippen LogP contribution >= 0.6 is 23.4 Å². The van der Waals surface area contributed by atoms with Crippen molar-refractivity contribution in [2.75, 3.05) is 0 Å². The van der Waals surface area contributed by atoms with Gasteiger partial charge >= 0.3 is 0 Å². The molecule has 0 amide bonds. The van der Waals surface area contributed by atoms with Crippen molar-refractivity contribution in [3.8, 4) is 5.75 Å².